The first kappa shape index (κ1) is 19.5. The van der Waals surface area contributed by atoms with Crippen molar-refractivity contribution >= 4 is 23.2 Å². The van der Waals surface area contributed by atoms with E-state index in [0.29, 0.717) is 28.6 Å². The van der Waals surface area contributed by atoms with Crippen molar-refractivity contribution in [3.63, 3.8) is 0 Å². The Morgan fingerprint density at radius 1 is 0.833 bits per heavy atom. The van der Waals surface area contributed by atoms with Crippen LogP contribution in [0.25, 0.3) is 0 Å². The molecule has 3 aromatic carbocycles. The number of ether oxygens (including phenoxy) is 2. The van der Waals surface area contributed by atoms with Gasteiger partial charge in [-0.15, -0.1) is 0 Å². The van der Waals surface area contributed by atoms with Gasteiger partial charge in [-0.1, -0.05) is 36.4 Å². The highest BCUT2D eigenvalue weighted by atomic mass is 16.5. The zero-order valence-corrected chi connectivity index (χ0v) is 16.3. The maximum atomic E-state index is 12.4. The third kappa shape index (κ3) is 5.38. The summed E-state index contributed by atoms with van der Waals surface area (Å²) in [4.78, 5) is 24.3. The lowest BCUT2D eigenvalue weighted by molar-refractivity contribution is -0.118. The van der Waals surface area contributed by atoms with Crippen LogP contribution in [0.1, 0.15) is 12.8 Å². The molecule has 1 aliphatic rings. The van der Waals surface area contributed by atoms with Gasteiger partial charge < -0.3 is 20.1 Å². The van der Waals surface area contributed by atoms with Crippen molar-refractivity contribution in [2.45, 2.75) is 12.8 Å². The van der Waals surface area contributed by atoms with Crippen molar-refractivity contribution in [2.75, 3.05) is 17.2 Å². The molecule has 0 saturated heterocycles. The molecule has 2 amide bonds. The lowest BCUT2D eigenvalue weighted by Gasteiger charge is -2.13. The number of rotatable bonds is 8. The van der Waals surface area contributed by atoms with Gasteiger partial charge in [0.05, 0.1) is 5.69 Å². The highest BCUT2D eigenvalue weighted by Gasteiger charge is 2.29. The lowest BCUT2D eigenvalue weighted by atomic mass is 10.2. The van der Waals surface area contributed by atoms with Crippen LogP contribution in [0.15, 0.2) is 78.9 Å². The Kier molecular flexibility index (Phi) is 5.94. The molecule has 0 heterocycles. The molecule has 0 spiro atoms. The maximum absolute atomic E-state index is 12.4. The summed E-state index contributed by atoms with van der Waals surface area (Å²) in [6.07, 6.45) is 1.88. The van der Waals surface area contributed by atoms with Crippen molar-refractivity contribution in [3.8, 4) is 17.2 Å². The zero-order valence-electron chi connectivity index (χ0n) is 16.3. The smallest absolute Gasteiger partial charge is 0.262 e. The van der Waals surface area contributed by atoms with E-state index in [-0.39, 0.29) is 24.3 Å². The van der Waals surface area contributed by atoms with E-state index in [1.54, 1.807) is 36.4 Å². The van der Waals surface area contributed by atoms with E-state index in [2.05, 4.69) is 10.6 Å². The van der Waals surface area contributed by atoms with E-state index < -0.39 is 0 Å². The molecule has 0 radical (unpaired) electrons. The zero-order chi connectivity index (χ0) is 20.8. The Bertz CT molecular complexity index is 1030. The quantitative estimate of drug-likeness (QED) is 0.565. The molecule has 2 N–H and O–H groups in total. The highest BCUT2D eigenvalue weighted by Crippen LogP contribution is 2.31. The number of benzene rings is 3. The van der Waals surface area contributed by atoms with Crippen molar-refractivity contribution in [1.29, 1.82) is 0 Å². The molecule has 30 heavy (non-hydrogen) atoms. The standard InChI is InChI=1S/C24H22N2O4/c27-23(16-29-20-10-6-7-18(15-20)25-24(28)17-13-14-17)26-21-11-4-5-12-22(21)30-19-8-2-1-3-9-19/h1-12,15,17H,13-14,16H2,(H,25,28)(H,26,27). The summed E-state index contributed by atoms with van der Waals surface area (Å²) in [5.41, 5.74) is 1.21. The fraction of sp³-hybridized carbons (Fsp3) is 0.167. The largest absolute Gasteiger partial charge is 0.484 e. The van der Waals surface area contributed by atoms with Crippen LogP contribution in [0.4, 0.5) is 11.4 Å². The Morgan fingerprint density at radius 2 is 1.57 bits per heavy atom. The first-order valence-corrected chi connectivity index (χ1v) is 9.83. The summed E-state index contributed by atoms with van der Waals surface area (Å²) in [6, 6.07) is 23.6. The second-order valence-electron chi connectivity index (χ2n) is 7.04. The van der Waals surface area contributed by atoms with Gasteiger partial charge in [0.1, 0.15) is 11.5 Å². The Hall–Kier alpha value is -3.80. The molecule has 6 heteroatoms. The molecule has 0 aromatic heterocycles. The topological polar surface area (TPSA) is 76.7 Å². The molecule has 0 atom stereocenters. The third-order valence-electron chi connectivity index (χ3n) is 4.55. The summed E-state index contributed by atoms with van der Waals surface area (Å²) in [6.45, 7) is -0.167. The van der Waals surface area contributed by atoms with Crippen molar-refractivity contribution in [1.82, 2.24) is 0 Å². The highest BCUT2D eigenvalue weighted by molar-refractivity contribution is 5.94. The summed E-state index contributed by atoms with van der Waals surface area (Å²) < 4.78 is 11.4. The molecule has 1 saturated carbocycles. The van der Waals surface area contributed by atoms with Gasteiger partial charge in [-0.3, -0.25) is 9.59 Å². The minimum absolute atomic E-state index is 0.0277. The lowest BCUT2D eigenvalue weighted by Crippen LogP contribution is -2.20. The second kappa shape index (κ2) is 9.13. The SMILES string of the molecule is O=C(COc1cccc(NC(=O)C2CC2)c1)Nc1ccccc1Oc1ccccc1. The summed E-state index contributed by atoms with van der Waals surface area (Å²) in [5, 5.41) is 5.68. The van der Waals surface area contributed by atoms with Gasteiger partial charge in [-0.25, -0.2) is 0 Å². The van der Waals surface area contributed by atoms with Gasteiger partial charge in [0.2, 0.25) is 5.91 Å². The van der Waals surface area contributed by atoms with Crippen LogP contribution in [-0.4, -0.2) is 18.4 Å². The van der Waals surface area contributed by atoms with Crippen molar-refractivity contribution in [2.24, 2.45) is 5.92 Å². The molecule has 3 aromatic rings. The van der Waals surface area contributed by atoms with Crippen LogP contribution in [0.2, 0.25) is 0 Å². The molecular weight excluding hydrogens is 380 g/mol. The molecule has 152 valence electrons. The van der Waals surface area contributed by atoms with Crippen molar-refractivity contribution in [3.05, 3.63) is 78.9 Å². The minimum Gasteiger partial charge on any atom is -0.484 e. The summed E-state index contributed by atoms with van der Waals surface area (Å²) >= 11 is 0. The molecule has 6 nitrogen and oxygen atoms in total. The van der Waals surface area contributed by atoms with E-state index >= 15 is 0 Å². The molecule has 1 aliphatic carbocycles. The van der Waals surface area contributed by atoms with Gasteiger partial charge in [-0.05, 0) is 49.2 Å². The number of carbonyl (C=O) groups is 2. The molecular formula is C24H22N2O4. The number of hydrogen-bond acceptors (Lipinski definition) is 4. The number of carbonyl (C=O) groups excluding carboxylic acids is 2. The Labute approximate surface area is 174 Å². The predicted molar refractivity (Wildman–Crippen MR) is 115 cm³/mol. The first-order valence-electron chi connectivity index (χ1n) is 9.83. The van der Waals surface area contributed by atoms with Gasteiger partial charge >= 0.3 is 0 Å². The normalized spacial score (nSPS) is 12.7. The third-order valence-corrected chi connectivity index (χ3v) is 4.55. The fourth-order valence-corrected chi connectivity index (χ4v) is 2.86. The van der Waals surface area contributed by atoms with Crippen LogP contribution in [0.5, 0.6) is 17.2 Å². The number of nitrogens with one attached hydrogen (secondary N) is 2. The fourth-order valence-electron chi connectivity index (χ4n) is 2.86. The molecule has 0 unspecified atom stereocenters. The molecule has 0 aliphatic heterocycles. The van der Waals surface area contributed by atoms with Crippen LogP contribution in [0.3, 0.4) is 0 Å². The van der Waals surface area contributed by atoms with Crippen LogP contribution in [0, 0.1) is 5.92 Å². The van der Waals surface area contributed by atoms with E-state index in [1.807, 2.05) is 42.5 Å². The summed E-state index contributed by atoms with van der Waals surface area (Å²) in [5.74, 6) is 1.57. The minimum atomic E-state index is -0.313. The predicted octanol–water partition coefficient (Wildman–Crippen LogP) is 4.84. The van der Waals surface area contributed by atoms with Gasteiger partial charge in [0, 0.05) is 17.7 Å². The van der Waals surface area contributed by atoms with E-state index in [4.69, 9.17) is 9.47 Å². The average molecular weight is 402 g/mol. The average Bonchev–Trinajstić information content (AvgIpc) is 3.60. The Morgan fingerprint density at radius 3 is 2.37 bits per heavy atom. The number of hydrogen-bond donors (Lipinski definition) is 2. The summed E-state index contributed by atoms with van der Waals surface area (Å²) in [7, 11) is 0. The van der Waals surface area contributed by atoms with Crippen molar-refractivity contribution < 1.29 is 19.1 Å². The van der Waals surface area contributed by atoms with E-state index in [9.17, 15) is 9.59 Å². The number of anilines is 2. The number of para-hydroxylation sites is 3. The second-order valence-corrected chi connectivity index (χ2v) is 7.04. The van der Waals surface area contributed by atoms with Crippen LogP contribution >= 0.6 is 0 Å². The van der Waals surface area contributed by atoms with E-state index in [0.717, 1.165) is 12.8 Å². The molecule has 4 rings (SSSR count). The number of amides is 2. The van der Waals surface area contributed by atoms with Crippen LogP contribution in [-0.2, 0) is 9.59 Å². The first-order chi connectivity index (χ1) is 14.7. The Balaban J connectivity index is 1.34. The monoisotopic (exact) mass is 402 g/mol. The van der Waals surface area contributed by atoms with E-state index in [1.165, 1.54) is 0 Å². The molecule has 1 fully saturated rings. The van der Waals surface area contributed by atoms with Gasteiger partial charge in [0.15, 0.2) is 12.4 Å². The maximum Gasteiger partial charge on any atom is 0.262 e. The van der Waals surface area contributed by atoms with Gasteiger partial charge in [0.25, 0.3) is 5.91 Å². The molecule has 0 bridgehead atoms. The van der Waals surface area contributed by atoms with Gasteiger partial charge in [-0.2, -0.15) is 0 Å². The van der Waals surface area contributed by atoms with Crippen LogP contribution < -0.4 is 20.1 Å².